The number of aromatic amines is 1. The van der Waals surface area contributed by atoms with Crippen molar-refractivity contribution in [1.29, 1.82) is 0 Å². The second-order valence-electron chi connectivity index (χ2n) is 3.10. The maximum atomic E-state index is 12.2. The molecule has 0 bridgehead atoms. The van der Waals surface area contributed by atoms with Gasteiger partial charge < -0.3 is 10.6 Å². The van der Waals surface area contributed by atoms with E-state index in [-0.39, 0.29) is 18.8 Å². The van der Waals surface area contributed by atoms with Crippen LogP contribution in [-0.2, 0) is 0 Å². The molecule has 5 nitrogen and oxygen atoms in total. The first kappa shape index (κ1) is 12.5. The molecule has 1 heterocycles. The standard InChI is InChI=1S/C8H11F3N4O/c9-8(10,11)5-15(4-2-12)7(16)6-1-3-13-14-6/h1,3H,2,4-5,12H2,(H,13,14). The molecule has 0 fully saturated rings. The molecule has 1 rings (SSSR count). The molecule has 0 aromatic carbocycles. The van der Waals surface area contributed by atoms with Crippen LogP contribution in [0.25, 0.3) is 0 Å². The van der Waals surface area contributed by atoms with Gasteiger partial charge in [-0.15, -0.1) is 0 Å². The molecule has 1 amide bonds. The molecule has 1 aromatic rings. The lowest BCUT2D eigenvalue weighted by Crippen LogP contribution is -2.41. The van der Waals surface area contributed by atoms with Crippen molar-refractivity contribution in [2.24, 2.45) is 5.73 Å². The number of carbonyl (C=O) groups excluding carboxylic acids is 1. The summed E-state index contributed by atoms with van der Waals surface area (Å²) in [4.78, 5) is 12.2. The minimum absolute atomic E-state index is 0.0118. The number of nitrogens with zero attached hydrogens (tertiary/aromatic N) is 2. The van der Waals surface area contributed by atoms with Gasteiger partial charge in [0.25, 0.3) is 5.91 Å². The molecule has 8 heteroatoms. The first-order valence-corrected chi connectivity index (χ1v) is 4.49. The lowest BCUT2D eigenvalue weighted by atomic mass is 10.3. The minimum Gasteiger partial charge on any atom is -0.329 e. The summed E-state index contributed by atoms with van der Waals surface area (Å²) in [6, 6.07) is 1.31. The Morgan fingerprint density at radius 3 is 2.69 bits per heavy atom. The number of alkyl halides is 3. The van der Waals surface area contributed by atoms with E-state index >= 15 is 0 Å². The average molecular weight is 236 g/mol. The Labute approximate surface area is 89.4 Å². The van der Waals surface area contributed by atoms with Gasteiger partial charge in [0.1, 0.15) is 12.2 Å². The molecule has 3 N–H and O–H groups in total. The van der Waals surface area contributed by atoms with Crippen molar-refractivity contribution in [3.8, 4) is 0 Å². The Kier molecular flexibility index (Phi) is 3.88. The van der Waals surface area contributed by atoms with Crippen LogP contribution in [0, 0.1) is 0 Å². The number of hydrogen-bond acceptors (Lipinski definition) is 3. The Bertz CT molecular complexity index is 336. The van der Waals surface area contributed by atoms with Crippen molar-refractivity contribution < 1.29 is 18.0 Å². The Morgan fingerprint density at radius 2 is 2.25 bits per heavy atom. The van der Waals surface area contributed by atoms with Crippen molar-refractivity contribution in [2.75, 3.05) is 19.6 Å². The highest BCUT2D eigenvalue weighted by molar-refractivity contribution is 5.92. The summed E-state index contributed by atoms with van der Waals surface area (Å²) in [7, 11) is 0. The van der Waals surface area contributed by atoms with Gasteiger partial charge in [0.05, 0.1) is 0 Å². The Hall–Kier alpha value is -1.57. The molecule has 16 heavy (non-hydrogen) atoms. The summed E-state index contributed by atoms with van der Waals surface area (Å²) >= 11 is 0. The highest BCUT2D eigenvalue weighted by atomic mass is 19.4. The second kappa shape index (κ2) is 4.97. The molecule has 90 valence electrons. The third-order valence-corrected chi connectivity index (χ3v) is 1.79. The molecule has 0 aliphatic carbocycles. The van der Waals surface area contributed by atoms with E-state index in [2.05, 4.69) is 10.2 Å². The molecule has 0 spiro atoms. The number of nitrogens with one attached hydrogen (secondary N) is 1. The van der Waals surface area contributed by atoms with Crippen LogP contribution in [0.3, 0.4) is 0 Å². The lowest BCUT2D eigenvalue weighted by Gasteiger charge is -2.22. The molecule has 0 radical (unpaired) electrons. The predicted octanol–water partition coefficient (Wildman–Crippen LogP) is 0.373. The molecule has 0 aliphatic heterocycles. The van der Waals surface area contributed by atoms with Crippen molar-refractivity contribution in [3.05, 3.63) is 18.0 Å². The molecule has 0 saturated heterocycles. The molecule has 0 saturated carbocycles. The maximum Gasteiger partial charge on any atom is 0.406 e. The van der Waals surface area contributed by atoms with Crippen LogP contribution in [0.1, 0.15) is 10.5 Å². The summed E-state index contributed by atoms with van der Waals surface area (Å²) < 4.78 is 36.5. The molecule has 0 atom stereocenters. The van der Waals surface area contributed by atoms with Crippen LogP contribution in [0.15, 0.2) is 12.3 Å². The van der Waals surface area contributed by atoms with Crippen LogP contribution < -0.4 is 5.73 Å². The van der Waals surface area contributed by atoms with E-state index in [4.69, 9.17) is 5.73 Å². The topological polar surface area (TPSA) is 75.0 Å². The van der Waals surface area contributed by atoms with Gasteiger partial charge in [-0.25, -0.2) is 0 Å². The number of nitrogens with two attached hydrogens (primary N) is 1. The maximum absolute atomic E-state index is 12.2. The first-order chi connectivity index (χ1) is 7.44. The van der Waals surface area contributed by atoms with Crippen LogP contribution in [0.2, 0.25) is 0 Å². The zero-order valence-corrected chi connectivity index (χ0v) is 8.29. The van der Waals surface area contributed by atoms with Gasteiger partial charge in [-0.3, -0.25) is 9.89 Å². The van der Waals surface area contributed by atoms with Gasteiger partial charge >= 0.3 is 6.18 Å². The second-order valence-corrected chi connectivity index (χ2v) is 3.10. The number of rotatable bonds is 4. The van der Waals surface area contributed by atoms with Crippen LogP contribution >= 0.6 is 0 Å². The largest absolute Gasteiger partial charge is 0.406 e. The number of carbonyl (C=O) groups is 1. The molecule has 1 aromatic heterocycles. The number of halogens is 3. The van der Waals surface area contributed by atoms with Crippen molar-refractivity contribution in [1.82, 2.24) is 15.1 Å². The third kappa shape index (κ3) is 3.54. The Morgan fingerprint density at radius 1 is 1.56 bits per heavy atom. The van der Waals surface area contributed by atoms with Gasteiger partial charge in [0.2, 0.25) is 0 Å². The number of amides is 1. The number of hydrogen-bond donors (Lipinski definition) is 2. The Balaban J connectivity index is 2.74. The van der Waals surface area contributed by atoms with Crippen molar-refractivity contribution >= 4 is 5.91 Å². The van der Waals surface area contributed by atoms with E-state index in [9.17, 15) is 18.0 Å². The average Bonchev–Trinajstić information content (AvgIpc) is 2.66. The third-order valence-electron chi connectivity index (χ3n) is 1.79. The fraction of sp³-hybridized carbons (Fsp3) is 0.500. The fourth-order valence-corrected chi connectivity index (χ4v) is 1.17. The lowest BCUT2D eigenvalue weighted by molar-refractivity contribution is -0.140. The minimum atomic E-state index is -4.44. The van der Waals surface area contributed by atoms with E-state index in [1.165, 1.54) is 12.3 Å². The summed E-state index contributed by atoms with van der Waals surface area (Å²) in [5.41, 5.74) is 5.16. The van der Waals surface area contributed by atoms with Gasteiger partial charge in [0, 0.05) is 19.3 Å². The number of aromatic nitrogens is 2. The van der Waals surface area contributed by atoms with Gasteiger partial charge in [-0.1, -0.05) is 0 Å². The highest BCUT2D eigenvalue weighted by Crippen LogP contribution is 2.17. The van der Waals surface area contributed by atoms with Gasteiger partial charge in [-0.2, -0.15) is 18.3 Å². The zero-order valence-electron chi connectivity index (χ0n) is 8.29. The highest BCUT2D eigenvalue weighted by Gasteiger charge is 2.33. The van der Waals surface area contributed by atoms with Crippen molar-refractivity contribution in [3.63, 3.8) is 0 Å². The molecule has 0 aliphatic rings. The molecular formula is C8H11F3N4O. The fourth-order valence-electron chi connectivity index (χ4n) is 1.17. The summed E-state index contributed by atoms with van der Waals surface area (Å²) in [5, 5.41) is 5.81. The SMILES string of the molecule is NCCN(CC(F)(F)F)C(=O)c1ccn[nH]1. The zero-order chi connectivity index (χ0) is 12.2. The van der Waals surface area contributed by atoms with Crippen molar-refractivity contribution in [2.45, 2.75) is 6.18 Å². The van der Waals surface area contributed by atoms with E-state index in [0.717, 1.165) is 0 Å². The smallest absolute Gasteiger partial charge is 0.329 e. The van der Waals surface area contributed by atoms with Crippen LogP contribution in [0.5, 0.6) is 0 Å². The van der Waals surface area contributed by atoms with E-state index in [0.29, 0.717) is 4.90 Å². The normalized spacial score (nSPS) is 11.5. The van der Waals surface area contributed by atoms with E-state index in [1.54, 1.807) is 0 Å². The summed E-state index contributed by atoms with van der Waals surface area (Å²) in [5.74, 6) is -0.764. The predicted molar refractivity (Wildman–Crippen MR) is 49.6 cm³/mol. The quantitative estimate of drug-likeness (QED) is 0.793. The van der Waals surface area contributed by atoms with E-state index < -0.39 is 18.6 Å². The van der Waals surface area contributed by atoms with E-state index in [1.807, 2.05) is 0 Å². The molecular weight excluding hydrogens is 225 g/mol. The molecule has 0 unspecified atom stereocenters. The van der Waals surface area contributed by atoms with Gasteiger partial charge in [0.15, 0.2) is 0 Å². The van der Waals surface area contributed by atoms with Crippen LogP contribution in [0.4, 0.5) is 13.2 Å². The summed E-state index contributed by atoms with van der Waals surface area (Å²) in [6.07, 6.45) is -3.15. The number of H-pyrrole nitrogens is 1. The van der Waals surface area contributed by atoms with Crippen LogP contribution in [-0.4, -0.2) is 46.8 Å². The monoisotopic (exact) mass is 236 g/mol. The van der Waals surface area contributed by atoms with Gasteiger partial charge in [-0.05, 0) is 6.07 Å². The summed E-state index contributed by atoms with van der Waals surface area (Å²) in [6.45, 7) is -1.50. The first-order valence-electron chi connectivity index (χ1n) is 4.49.